The molecular formula is C19H18N2O3S. The van der Waals surface area contributed by atoms with E-state index < -0.39 is 5.91 Å². The van der Waals surface area contributed by atoms with Crippen molar-refractivity contribution in [2.24, 2.45) is 0 Å². The normalized spacial score (nSPS) is 17.3. The van der Waals surface area contributed by atoms with Gasteiger partial charge in [0.25, 0.3) is 11.8 Å². The standard InChI is InChI=1S/C19H18N2O3S/c1-5-21-18(22)13(11(4)14(9-20)19(21)23)6-12-7-16-17(25-12)8-15(24-16)10(2)3/h6-8,10H,5H2,1-4H3/b13-6-. The van der Waals surface area contributed by atoms with Gasteiger partial charge in [-0.25, -0.2) is 0 Å². The highest BCUT2D eigenvalue weighted by Gasteiger charge is 2.34. The van der Waals surface area contributed by atoms with Crippen LogP contribution in [0.2, 0.25) is 0 Å². The number of nitrogens with zero attached hydrogens (tertiary/aromatic N) is 2. The Morgan fingerprint density at radius 2 is 2.04 bits per heavy atom. The average molecular weight is 354 g/mol. The van der Waals surface area contributed by atoms with Crippen molar-refractivity contribution in [1.82, 2.24) is 4.90 Å². The maximum atomic E-state index is 12.6. The number of nitriles is 1. The SMILES string of the molecule is CCN1C(=O)C(C#N)=C(C)/C(=C/c2cc3oc(C(C)C)cc3s2)C1=O. The predicted molar refractivity (Wildman–Crippen MR) is 96.9 cm³/mol. The number of imide groups is 1. The molecule has 128 valence electrons. The second-order valence-electron chi connectivity index (χ2n) is 6.21. The summed E-state index contributed by atoms with van der Waals surface area (Å²) >= 11 is 1.52. The van der Waals surface area contributed by atoms with E-state index in [0.717, 1.165) is 25.8 Å². The van der Waals surface area contributed by atoms with E-state index in [1.54, 1.807) is 19.9 Å². The van der Waals surface area contributed by atoms with E-state index in [2.05, 4.69) is 13.8 Å². The van der Waals surface area contributed by atoms with Gasteiger partial charge in [-0.3, -0.25) is 14.5 Å². The molecule has 5 nitrogen and oxygen atoms in total. The summed E-state index contributed by atoms with van der Waals surface area (Å²) in [4.78, 5) is 26.8. The van der Waals surface area contributed by atoms with Gasteiger partial charge in [-0.05, 0) is 37.6 Å². The molecule has 1 aliphatic heterocycles. The second kappa shape index (κ2) is 6.34. The largest absolute Gasteiger partial charge is 0.460 e. The van der Waals surface area contributed by atoms with Crippen molar-refractivity contribution in [1.29, 1.82) is 5.26 Å². The molecule has 0 saturated heterocycles. The first-order chi connectivity index (χ1) is 11.9. The van der Waals surface area contributed by atoms with Crippen LogP contribution in [-0.4, -0.2) is 23.3 Å². The van der Waals surface area contributed by atoms with Crippen LogP contribution >= 0.6 is 11.3 Å². The zero-order valence-electron chi connectivity index (χ0n) is 14.5. The quantitative estimate of drug-likeness (QED) is 0.611. The van der Waals surface area contributed by atoms with Gasteiger partial charge in [0, 0.05) is 22.9 Å². The van der Waals surface area contributed by atoms with Crippen LogP contribution in [0.5, 0.6) is 0 Å². The summed E-state index contributed by atoms with van der Waals surface area (Å²) in [6.45, 7) is 7.73. The van der Waals surface area contributed by atoms with Crippen molar-refractivity contribution in [3.8, 4) is 6.07 Å². The van der Waals surface area contributed by atoms with Crippen molar-refractivity contribution in [3.05, 3.63) is 39.5 Å². The number of hydrogen-bond donors (Lipinski definition) is 0. The molecule has 2 aromatic heterocycles. The summed E-state index contributed by atoms with van der Waals surface area (Å²) in [6.07, 6.45) is 1.74. The Labute approximate surface area is 149 Å². The smallest absolute Gasteiger partial charge is 0.271 e. The molecular weight excluding hydrogens is 336 g/mol. The van der Waals surface area contributed by atoms with Crippen molar-refractivity contribution >= 4 is 39.5 Å². The van der Waals surface area contributed by atoms with Gasteiger partial charge in [0.15, 0.2) is 0 Å². The Morgan fingerprint density at radius 1 is 1.32 bits per heavy atom. The van der Waals surface area contributed by atoms with Crippen LogP contribution in [-0.2, 0) is 9.59 Å². The van der Waals surface area contributed by atoms with Gasteiger partial charge in [0.2, 0.25) is 0 Å². The maximum Gasteiger partial charge on any atom is 0.271 e. The molecule has 0 aliphatic carbocycles. The molecule has 0 fully saturated rings. The third-order valence-corrected chi connectivity index (χ3v) is 5.25. The molecule has 25 heavy (non-hydrogen) atoms. The van der Waals surface area contributed by atoms with Gasteiger partial charge in [-0.1, -0.05) is 13.8 Å². The number of likely N-dealkylation sites (N-methyl/N-ethyl adjacent to an activating group) is 1. The first kappa shape index (κ1) is 17.2. The molecule has 0 unspecified atom stereocenters. The van der Waals surface area contributed by atoms with E-state index in [1.165, 1.54) is 11.3 Å². The monoisotopic (exact) mass is 354 g/mol. The molecule has 3 rings (SSSR count). The Kier molecular flexibility index (Phi) is 4.36. The molecule has 3 heterocycles. The summed E-state index contributed by atoms with van der Waals surface area (Å²) < 4.78 is 6.84. The van der Waals surface area contributed by atoms with Gasteiger partial charge in [-0.15, -0.1) is 11.3 Å². The van der Waals surface area contributed by atoms with Crippen LogP contribution in [0.25, 0.3) is 16.4 Å². The highest BCUT2D eigenvalue weighted by molar-refractivity contribution is 7.19. The van der Waals surface area contributed by atoms with Crippen LogP contribution in [0, 0.1) is 11.3 Å². The fourth-order valence-corrected chi connectivity index (χ4v) is 3.76. The maximum absolute atomic E-state index is 12.6. The lowest BCUT2D eigenvalue weighted by atomic mass is 9.95. The average Bonchev–Trinajstić information content (AvgIpc) is 3.11. The molecule has 0 saturated carbocycles. The Hall–Kier alpha value is -2.65. The summed E-state index contributed by atoms with van der Waals surface area (Å²) in [5.74, 6) is 0.358. The number of fused-ring (bicyclic) bond motifs is 1. The van der Waals surface area contributed by atoms with Crippen LogP contribution in [0.1, 0.15) is 44.3 Å². The first-order valence-electron chi connectivity index (χ1n) is 8.09. The number of amides is 2. The molecule has 6 heteroatoms. The number of carbonyl (C=O) groups excluding carboxylic acids is 2. The molecule has 0 aromatic carbocycles. The molecule has 0 spiro atoms. The van der Waals surface area contributed by atoms with Crippen molar-refractivity contribution < 1.29 is 14.0 Å². The summed E-state index contributed by atoms with van der Waals surface area (Å²) in [7, 11) is 0. The molecule has 0 bridgehead atoms. The lowest BCUT2D eigenvalue weighted by Gasteiger charge is -2.26. The van der Waals surface area contributed by atoms with Crippen LogP contribution < -0.4 is 0 Å². The first-order valence-corrected chi connectivity index (χ1v) is 8.91. The minimum Gasteiger partial charge on any atom is -0.460 e. The predicted octanol–water partition coefficient (Wildman–Crippen LogP) is 4.23. The summed E-state index contributed by atoms with van der Waals surface area (Å²) in [6, 6.07) is 5.83. The van der Waals surface area contributed by atoms with E-state index in [1.807, 2.05) is 18.2 Å². The molecule has 2 aromatic rings. The van der Waals surface area contributed by atoms with Crippen molar-refractivity contribution in [2.75, 3.05) is 6.54 Å². The molecule has 0 N–H and O–H groups in total. The molecule has 2 amide bonds. The molecule has 1 aliphatic rings. The summed E-state index contributed by atoms with van der Waals surface area (Å²) in [5, 5.41) is 9.27. The Bertz CT molecular complexity index is 951. The van der Waals surface area contributed by atoms with Crippen molar-refractivity contribution in [3.63, 3.8) is 0 Å². The molecule has 0 atom stereocenters. The minimum atomic E-state index is -0.522. The number of hydrogen-bond acceptors (Lipinski definition) is 5. The highest BCUT2D eigenvalue weighted by Crippen LogP contribution is 2.34. The van der Waals surface area contributed by atoms with Crippen LogP contribution in [0.3, 0.4) is 0 Å². The summed E-state index contributed by atoms with van der Waals surface area (Å²) in [5.41, 5.74) is 1.62. The van der Waals surface area contributed by atoms with Crippen LogP contribution in [0.4, 0.5) is 0 Å². The van der Waals surface area contributed by atoms with Crippen molar-refractivity contribution in [2.45, 2.75) is 33.6 Å². The second-order valence-corrected chi connectivity index (χ2v) is 7.32. The van der Waals surface area contributed by atoms with Gasteiger partial charge in [0.1, 0.15) is 23.0 Å². The number of carbonyl (C=O) groups is 2. The number of thiophene rings is 1. The lowest BCUT2D eigenvalue weighted by molar-refractivity contribution is -0.140. The van der Waals surface area contributed by atoms with Gasteiger partial charge < -0.3 is 4.42 Å². The zero-order valence-corrected chi connectivity index (χ0v) is 15.4. The lowest BCUT2D eigenvalue weighted by Crippen LogP contribution is -2.42. The number of furan rings is 1. The van der Waals surface area contributed by atoms with E-state index in [0.29, 0.717) is 17.1 Å². The molecule has 0 radical (unpaired) electrons. The zero-order chi connectivity index (χ0) is 18.3. The van der Waals surface area contributed by atoms with E-state index in [-0.39, 0.29) is 18.0 Å². The van der Waals surface area contributed by atoms with E-state index >= 15 is 0 Å². The van der Waals surface area contributed by atoms with Crippen LogP contribution in [0.15, 0.2) is 33.3 Å². The van der Waals surface area contributed by atoms with Gasteiger partial charge in [0.05, 0.1) is 4.70 Å². The topological polar surface area (TPSA) is 74.3 Å². The fraction of sp³-hybridized carbons (Fsp3) is 0.316. The van der Waals surface area contributed by atoms with E-state index in [9.17, 15) is 14.9 Å². The minimum absolute atomic E-state index is 0.0232. The Balaban J connectivity index is 2.08. The Morgan fingerprint density at radius 3 is 2.60 bits per heavy atom. The third-order valence-electron chi connectivity index (χ3n) is 4.24. The number of rotatable bonds is 3. The van der Waals surface area contributed by atoms with Gasteiger partial charge in [-0.2, -0.15) is 5.26 Å². The highest BCUT2D eigenvalue weighted by atomic mass is 32.1. The van der Waals surface area contributed by atoms with Gasteiger partial charge >= 0.3 is 0 Å². The third kappa shape index (κ3) is 2.81. The van der Waals surface area contributed by atoms with E-state index in [4.69, 9.17) is 4.42 Å². The fourth-order valence-electron chi connectivity index (χ4n) is 2.79.